The molecule has 2 aromatic carbocycles. The van der Waals surface area contributed by atoms with Crippen LogP contribution in [0, 0.1) is 0 Å². The molecule has 1 aromatic heterocycles. The number of fused-ring (bicyclic) bond motifs is 1. The number of carbonyl (C=O) groups excluding carboxylic acids is 2. The van der Waals surface area contributed by atoms with Crippen LogP contribution in [0.1, 0.15) is 40.7 Å². The fraction of sp³-hybridized carbons (Fsp3) is 0.286. The van der Waals surface area contributed by atoms with E-state index in [1.54, 1.807) is 36.6 Å². The van der Waals surface area contributed by atoms with Gasteiger partial charge < -0.3 is 9.47 Å². The van der Waals surface area contributed by atoms with E-state index in [9.17, 15) is 9.59 Å². The largest absolute Gasteiger partial charge is 0.496 e. The van der Waals surface area contributed by atoms with Crippen molar-refractivity contribution < 1.29 is 19.1 Å². The number of nitrogens with zero attached hydrogens (tertiary/aromatic N) is 1. The Hall–Kier alpha value is -2.73. The fourth-order valence-corrected chi connectivity index (χ4v) is 3.76. The molecule has 0 aliphatic carbocycles. The van der Waals surface area contributed by atoms with E-state index >= 15 is 0 Å². The van der Waals surface area contributed by atoms with Gasteiger partial charge in [0.15, 0.2) is 5.78 Å². The molecule has 5 nitrogen and oxygen atoms in total. The second-order valence-electron chi connectivity index (χ2n) is 6.17. The predicted molar refractivity (Wildman–Crippen MR) is 105 cm³/mol. The lowest BCUT2D eigenvalue weighted by molar-refractivity contribution is -0.145. The van der Waals surface area contributed by atoms with Gasteiger partial charge in [-0.1, -0.05) is 12.1 Å². The van der Waals surface area contributed by atoms with Crippen molar-refractivity contribution in [2.24, 2.45) is 0 Å². The van der Waals surface area contributed by atoms with Crippen LogP contribution in [0.25, 0.3) is 10.2 Å². The van der Waals surface area contributed by atoms with Crippen LogP contribution in [-0.4, -0.2) is 23.8 Å². The summed E-state index contributed by atoms with van der Waals surface area (Å²) in [5, 5.41) is 1.03. The molecule has 3 aromatic rings. The minimum atomic E-state index is -0.272. The van der Waals surface area contributed by atoms with E-state index in [0.29, 0.717) is 29.7 Å². The lowest BCUT2D eigenvalue weighted by Crippen LogP contribution is -2.06. The molecule has 0 N–H and O–H groups in total. The Morgan fingerprint density at radius 1 is 1.15 bits per heavy atom. The van der Waals surface area contributed by atoms with E-state index in [2.05, 4.69) is 4.98 Å². The first-order valence-corrected chi connectivity index (χ1v) is 9.56. The SMILES string of the molecule is COc1ccc(C(C)=O)cc1COC(=O)CCCc1nc2ccccc2s1. The van der Waals surface area contributed by atoms with Crippen LogP contribution >= 0.6 is 11.3 Å². The standard InChI is InChI=1S/C21H21NO4S/c1-14(23)15-10-11-18(25-2)16(12-15)13-26-21(24)9-5-8-20-22-17-6-3-4-7-19(17)27-20/h3-4,6-7,10-12H,5,8-9,13H2,1-2H3. The number of aryl methyl sites for hydroxylation is 1. The smallest absolute Gasteiger partial charge is 0.306 e. The summed E-state index contributed by atoms with van der Waals surface area (Å²) in [6, 6.07) is 13.1. The summed E-state index contributed by atoms with van der Waals surface area (Å²) in [6.07, 6.45) is 1.76. The number of hydrogen-bond acceptors (Lipinski definition) is 6. The summed E-state index contributed by atoms with van der Waals surface area (Å²) < 4.78 is 11.8. The van der Waals surface area contributed by atoms with Gasteiger partial charge in [-0.2, -0.15) is 0 Å². The van der Waals surface area contributed by atoms with Gasteiger partial charge >= 0.3 is 5.97 Å². The molecule has 0 amide bonds. The maximum absolute atomic E-state index is 12.1. The molecule has 0 aliphatic rings. The van der Waals surface area contributed by atoms with Crippen molar-refractivity contribution >= 4 is 33.3 Å². The van der Waals surface area contributed by atoms with Gasteiger partial charge in [0.05, 0.1) is 22.3 Å². The maximum Gasteiger partial charge on any atom is 0.306 e. The monoisotopic (exact) mass is 383 g/mol. The number of para-hydroxylation sites is 1. The first kappa shape index (κ1) is 19.0. The van der Waals surface area contributed by atoms with Crippen LogP contribution < -0.4 is 4.74 Å². The molecule has 27 heavy (non-hydrogen) atoms. The summed E-state index contributed by atoms with van der Waals surface area (Å²) in [4.78, 5) is 28.1. The summed E-state index contributed by atoms with van der Waals surface area (Å²) in [6.45, 7) is 1.59. The summed E-state index contributed by atoms with van der Waals surface area (Å²) in [7, 11) is 1.55. The molecule has 0 atom stereocenters. The van der Waals surface area contributed by atoms with Crippen LogP contribution in [0.15, 0.2) is 42.5 Å². The van der Waals surface area contributed by atoms with Gasteiger partial charge in [-0.05, 0) is 50.1 Å². The van der Waals surface area contributed by atoms with Gasteiger partial charge in [-0.15, -0.1) is 11.3 Å². The summed E-state index contributed by atoms with van der Waals surface area (Å²) >= 11 is 1.66. The quantitative estimate of drug-likeness (QED) is 0.421. The molecule has 140 valence electrons. The molecule has 0 bridgehead atoms. The van der Waals surface area contributed by atoms with E-state index in [-0.39, 0.29) is 18.4 Å². The number of carbonyl (C=O) groups is 2. The number of methoxy groups -OCH3 is 1. The maximum atomic E-state index is 12.1. The third kappa shape index (κ3) is 4.92. The molecule has 6 heteroatoms. The Kier molecular flexibility index (Phi) is 6.19. The van der Waals surface area contributed by atoms with Gasteiger partial charge in [0.2, 0.25) is 0 Å². The molecule has 0 radical (unpaired) electrons. The van der Waals surface area contributed by atoms with Crippen LogP contribution in [0.2, 0.25) is 0 Å². The average molecular weight is 383 g/mol. The average Bonchev–Trinajstić information content (AvgIpc) is 3.08. The normalized spacial score (nSPS) is 10.7. The third-order valence-corrected chi connectivity index (χ3v) is 5.28. The van der Waals surface area contributed by atoms with Crippen LogP contribution in [0.3, 0.4) is 0 Å². The van der Waals surface area contributed by atoms with E-state index in [4.69, 9.17) is 9.47 Å². The van der Waals surface area contributed by atoms with Gasteiger partial charge in [0.1, 0.15) is 12.4 Å². The molecule has 0 unspecified atom stereocenters. The Labute approximate surface area is 161 Å². The van der Waals surface area contributed by atoms with Crippen molar-refractivity contribution in [3.05, 3.63) is 58.6 Å². The molecule has 0 saturated carbocycles. The van der Waals surface area contributed by atoms with Crippen LogP contribution in [0.5, 0.6) is 5.75 Å². The topological polar surface area (TPSA) is 65.5 Å². The second kappa shape index (κ2) is 8.77. The molecule has 0 saturated heterocycles. The number of aromatic nitrogens is 1. The number of Topliss-reactive ketones (excluding diaryl/α,β-unsaturated/α-hetero) is 1. The highest BCUT2D eigenvalue weighted by Crippen LogP contribution is 2.23. The fourth-order valence-electron chi connectivity index (χ4n) is 2.75. The molecule has 0 spiro atoms. The van der Waals surface area contributed by atoms with E-state index in [0.717, 1.165) is 21.6 Å². The van der Waals surface area contributed by atoms with Crippen molar-refractivity contribution in [2.45, 2.75) is 32.8 Å². The molecular formula is C21H21NO4S. The molecule has 3 rings (SSSR count). The number of thiazole rings is 1. The Morgan fingerprint density at radius 3 is 2.70 bits per heavy atom. The van der Waals surface area contributed by atoms with Crippen LogP contribution in [-0.2, 0) is 22.6 Å². The molecular weight excluding hydrogens is 362 g/mol. The minimum absolute atomic E-state index is 0.0407. The Balaban J connectivity index is 1.51. The highest BCUT2D eigenvalue weighted by atomic mass is 32.1. The zero-order chi connectivity index (χ0) is 19.2. The highest BCUT2D eigenvalue weighted by molar-refractivity contribution is 7.18. The van der Waals surface area contributed by atoms with Crippen molar-refractivity contribution in [1.82, 2.24) is 4.98 Å². The predicted octanol–water partition coefficient (Wildman–Crippen LogP) is 4.57. The number of benzene rings is 2. The summed E-state index contributed by atoms with van der Waals surface area (Å²) in [5.41, 5.74) is 2.25. The number of ether oxygens (including phenoxy) is 2. The number of esters is 1. The Bertz CT molecular complexity index is 931. The first-order valence-electron chi connectivity index (χ1n) is 8.74. The van der Waals surface area contributed by atoms with Crippen molar-refractivity contribution in [3.8, 4) is 5.75 Å². The Morgan fingerprint density at radius 2 is 1.96 bits per heavy atom. The van der Waals surface area contributed by atoms with Crippen molar-refractivity contribution in [2.75, 3.05) is 7.11 Å². The molecule has 0 fully saturated rings. The number of hydrogen-bond donors (Lipinski definition) is 0. The van der Waals surface area contributed by atoms with E-state index < -0.39 is 0 Å². The van der Waals surface area contributed by atoms with Crippen molar-refractivity contribution in [3.63, 3.8) is 0 Å². The zero-order valence-corrected chi connectivity index (χ0v) is 16.2. The van der Waals surface area contributed by atoms with Gasteiger partial charge in [-0.3, -0.25) is 9.59 Å². The van der Waals surface area contributed by atoms with Gasteiger partial charge in [-0.25, -0.2) is 4.98 Å². The minimum Gasteiger partial charge on any atom is -0.496 e. The van der Waals surface area contributed by atoms with Gasteiger partial charge in [0.25, 0.3) is 0 Å². The van der Waals surface area contributed by atoms with Crippen LogP contribution in [0.4, 0.5) is 0 Å². The lowest BCUT2D eigenvalue weighted by atomic mass is 10.1. The number of ketones is 1. The van der Waals surface area contributed by atoms with Crippen molar-refractivity contribution in [1.29, 1.82) is 0 Å². The number of rotatable bonds is 8. The third-order valence-electron chi connectivity index (χ3n) is 4.19. The first-order chi connectivity index (χ1) is 13.1. The van der Waals surface area contributed by atoms with E-state index in [1.807, 2.05) is 24.3 Å². The molecule has 1 heterocycles. The molecule has 0 aliphatic heterocycles. The highest BCUT2D eigenvalue weighted by Gasteiger charge is 2.11. The van der Waals surface area contributed by atoms with Gasteiger partial charge in [0, 0.05) is 17.5 Å². The second-order valence-corrected chi connectivity index (χ2v) is 7.29. The zero-order valence-electron chi connectivity index (χ0n) is 15.4. The lowest BCUT2D eigenvalue weighted by Gasteiger charge is -2.10. The van der Waals surface area contributed by atoms with E-state index in [1.165, 1.54) is 6.92 Å². The summed E-state index contributed by atoms with van der Waals surface area (Å²) in [5.74, 6) is 0.287.